The van der Waals surface area contributed by atoms with Crippen molar-refractivity contribution in [1.29, 1.82) is 10.5 Å². The van der Waals surface area contributed by atoms with Gasteiger partial charge in [-0.05, 0) is 44.9 Å². The average molecular weight is 284 g/mol. The third-order valence-electron chi connectivity index (χ3n) is 3.50. The second-order valence-electron chi connectivity index (χ2n) is 6.00. The van der Waals surface area contributed by atoms with E-state index in [0.717, 1.165) is 38.9 Å². The van der Waals surface area contributed by atoms with Gasteiger partial charge in [-0.2, -0.15) is 10.5 Å². The topological polar surface area (TPSA) is 63.7 Å². The van der Waals surface area contributed by atoms with Crippen LogP contribution in [0.3, 0.4) is 0 Å². The maximum atomic E-state index is 9.01. The van der Waals surface area contributed by atoms with Gasteiger partial charge in [0.05, 0.1) is 17.6 Å². The van der Waals surface area contributed by atoms with E-state index in [2.05, 4.69) is 28.1 Å². The molecule has 0 amide bonds. The molecule has 0 spiro atoms. The molecule has 1 aromatic heterocycles. The molecule has 0 bridgehead atoms. The van der Waals surface area contributed by atoms with Gasteiger partial charge >= 0.3 is 0 Å². The van der Waals surface area contributed by atoms with Crippen LogP contribution in [0.1, 0.15) is 45.1 Å². The Morgan fingerprint density at radius 3 is 2.67 bits per heavy atom. The molecule has 21 heavy (non-hydrogen) atoms. The maximum Gasteiger partial charge on any atom is 0.0683 e. The Balaban J connectivity index is 2.40. The van der Waals surface area contributed by atoms with Crippen molar-refractivity contribution in [3.63, 3.8) is 0 Å². The summed E-state index contributed by atoms with van der Waals surface area (Å²) in [6.07, 6.45) is 7.20. The number of pyridine rings is 1. The molecule has 112 valence electrons. The van der Waals surface area contributed by atoms with Gasteiger partial charge < -0.3 is 0 Å². The van der Waals surface area contributed by atoms with E-state index in [9.17, 15) is 0 Å². The van der Waals surface area contributed by atoms with Crippen LogP contribution in [0.4, 0.5) is 0 Å². The Morgan fingerprint density at radius 1 is 1.24 bits per heavy atom. The number of aromatic nitrogens is 1. The zero-order chi connectivity index (χ0) is 15.6. The van der Waals surface area contributed by atoms with E-state index in [-0.39, 0.29) is 5.41 Å². The van der Waals surface area contributed by atoms with E-state index < -0.39 is 0 Å². The number of nitriles is 2. The van der Waals surface area contributed by atoms with E-state index in [1.165, 1.54) is 5.56 Å². The Hall–Kier alpha value is -1.91. The molecule has 0 aromatic carbocycles. The molecule has 0 unspecified atom stereocenters. The maximum absolute atomic E-state index is 9.01. The van der Waals surface area contributed by atoms with Gasteiger partial charge in [0.1, 0.15) is 0 Å². The molecule has 0 atom stereocenters. The highest BCUT2D eigenvalue weighted by Crippen LogP contribution is 2.21. The first-order valence-electron chi connectivity index (χ1n) is 7.47. The molecule has 0 aliphatic carbocycles. The standard InChI is InChI=1S/C17H24N4/c1-17(2,15-19)8-3-4-11-21(12-6-9-18)14-16-7-5-10-20-13-16/h5,7,10,13H,3-4,6,8,11-12,14H2,1-2H3. The number of nitrogens with zero attached hydrogens (tertiary/aromatic N) is 4. The number of unbranched alkanes of at least 4 members (excludes halogenated alkanes) is 1. The first-order valence-corrected chi connectivity index (χ1v) is 7.47. The lowest BCUT2D eigenvalue weighted by molar-refractivity contribution is 0.259. The van der Waals surface area contributed by atoms with E-state index in [1.54, 1.807) is 6.20 Å². The second-order valence-corrected chi connectivity index (χ2v) is 6.00. The van der Waals surface area contributed by atoms with E-state index in [1.807, 2.05) is 26.1 Å². The molecule has 0 saturated carbocycles. The average Bonchev–Trinajstić information content (AvgIpc) is 2.50. The molecule has 0 aliphatic heterocycles. The van der Waals surface area contributed by atoms with Crippen molar-refractivity contribution in [2.75, 3.05) is 13.1 Å². The SMILES string of the molecule is CC(C)(C#N)CCCCN(CCC#N)Cc1cccnc1. The molecule has 4 nitrogen and oxygen atoms in total. The fourth-order valence-electron chi connectivity index (χ4n) is 2.19. The highest BCUT2D eigenvalue weighted by molar-refractivity contribution is 5.08. The van der Waals surface area contributed by atoms with Crippen molar-refractivity contribution in [3.05, 3.63) is 30.1 Å². The van der Waals surface area contributed by atoms with Crippen LogP contribution in [0.2, 0.25) is 0 Å². The van der Waals surface area contributed by atoms with Crippen molar-refractivity contribution in [1.82, 2.24) is 9.88 Å². The lowest BCUT2D eigenvalue weighted by Crippen LogP contribution is -2.25. The molecule has 0 aliphatic rings. The first-order chi connectivity index (χ1) is 10.1. The molecule has 1 heterocycles. The van der Waals surface area contributed by atoms with Gasteiger partial charge in [-0.15, -0.1) is 0 Å². The van der Waals surface area contributed by atoms with Crippen molar-refractivity contribution in [3.8, 4) is 12.1 Å². The van der Waals surface area contributed by atoms with Gasteiger partial charge in [-0.1, -0.05) is 12.5 Å². The van der Waals surface area contributed by atoms with Crippen LogP contribution >= 0.6 is 0 Å². The zero-order valence-corrected chi connectivity index (χ0v) is 13.0. The Kier molecular flexibility index (Phi) is 7.43. The molecule has 0 radical (unpaired) electrons. The summed E-state index contributed by atoms with van der Waals surface area (Å²) in [6.45, 7) is 6.54. The third kappa shape index (κ3) is 7.44. The van der Waals surface area contributed by atoms with Gasteiger partial charge in [0.2, 0.25) is 0 Å². The molecule has 0 N–H and O–H groups in total. The van der Waals surface area contributed by atoms with Crippen molar-refractivity contribution in [2.24, 2.45) is 5.41 Å². The summed E-state index contributed by atoms with van der Waals surface area (Å²) in [4.78, 5) is 6.42. The largest absolute Gasteiger partial charge is 0.298 e. The first kappa shape index (κ1) is 17.1. The van der Waals surface area contributed by atoms with Crippen LogP contribution < -0.4 is 0 Å². The molecule has 0 saturated heterocycles. The lowest BCUT2D eigenvalue weighted by atomic mass is 9.89. The molecule has 1 rings (SSSR count). The number of rotatable bonds is 9. The van der Waals surface area contributed by atoms with Crippen molar-refractivity contribution in [2.45, 2.75) is 46.1 Å². The van der Waals surface area contributed by atoms with E-state index in [0.29, 0.717) is 6.42 Å². The number of hydrogen-bond donors (Lipinski definition) is 0. The Bertz CT molecular complexity index is 482. The second kappa shape index (κ2) is 9.10. The van der Waals surface area contributed by atoms with Crippen LogP contribution in [0.15, 0.2) is 24.5 Å². The van der Waals surface area contributed by atoms with Gasteiger partial charge in [-0.25, -0.2) is 0 Å². The Labute approximate surface area is 128 Å². The summed E-state index contributed by atoms with van der Waals surface area (Å²) >= 11 is 0. The molecular weight excluding hydrogens is 260 g/mol. The van der Waals surface area contributed by atoms with E-state index >= 15 is 0 Å². The fraction of sp³-hybridized carbons (Fsp3) is 0.588. The molecule has 4 heteroatoms. The normalized spacial score (nSPS) is 11.1. The van der Waals surface area contributed by atoms with Crippen molar-refractivity contribution >= 4 is 0 Å². The summed E-state index contributed by atoms with van der Waals surface area (Å²) in [6, 6.07) is 8.54. The van der Waals surface area contributed by atoms with Gasteiger partial charge in [0.25, 0.3) is 0 Å². The van der Waals surface area contributed by atoms with Crippen LogP contribution in [0.25, 0.3) is 0 Å². The summed E-state index contributed by atoms with van der Waals surface area (Å²) < 4.78 is 0. The summed E-state index contributed by atoms with van der Waals surface area (Å²) in [5, 5.41) is 17.8. The predicted octanol–water partition coefficient (Wildman–Crippen LogP) is 3.52. The van der Waals surface area contributed by atoms with Crippen LogP contribution in [0, 0.1) is 28.1 Å². The van der Waals surface area contributed by atoms with Gasteiger partial charge in [0.15, 0.2) is 0 Å². The quantitative estimate of drug-likeness (QED) is 0.651. The monoisotopic (exact) mass is 284 g/mol. The summed E-state index contributed by atoms with van der Waals surface area (Å²) in [7, 11) is 0. The highest BCUT2D eigenvalue weighted by atomic mass is 15.1. The molecular formula is C17H24N4. The molecule has 0 fully saturated rings. The van der Waals surface area contributed by atoms with Gasteiger partial charge in [-0.3, -0.25) is 9.88 Å². The molecule has 1 aromatic rings. The highest BCUT2D eigenvalue weighted by Gasteiger charge is 2.16. The predicted molar refractivity (Wildman–Crippen MR) is 83.0 cm³/mol. The van der Waals surface area contributed by atoms with E-state index in [4.69, 9.17) is 10.5 Å². The van der Waals surface area contributed by atoms with Gasteiger partial charge in [0, 0.05) is 31.9 Å². The smallest absolute Gasteiger partial charge is 0.0683 e. The van der Waals surface area contributed by atoms with Crippen LogP contribution in [-0.2, 0) is 6.54 Å². The van der Waals surface area contributed by atoms with Crippen LogP contribution in [0.5, 0.6) is 0 Å². The van der Waals surface area contributed by atoms with Crippen molar-refractivity contribution < 1.29 is 0 Å². The lowest BCUT2D eigenvalue weighted by Gasteiger charge is -2.22. The minimum atomic E-state index is -0.235. The fourth-order valence-corrected chi connectivity index (χ4v) is 2.19. The summed E-state index contributed by atoms with van der Waals surface area (Å²) in [5.41, 5.74) is 0.939. The van der Waals surface area contributed by atoms with Crippen LogP contribution in [-0.4, -0.2) is 23.0 Å². The summed E-state index contributed by atoms with van der Waals surface area (Å²) in [5.74, 6) is 0. The minimum Gasteiger partial charge on any atom is -0.298 e. The zero-order valence-electron chi connectivity index (χ0n) is 13.0. The minimum absolute atomic E-state index is 0.235. The number of hydrogen-bond acceptors (Lipinski definition) is 4. The third-order valence-corrected chi connectivity index (χ3v) is 3.50. The Morgan fingerprint density at radius 2 is 2.05 bits per heavy atom.